The van der Waals surface area contributed by atoms with Gasteiger partial charge in [0.05, 0.1) is 0 Å². The molecule has 1 aromatic heterocycles. The van der Waals surface area contributed by atoms with E-state index in [2.05, 4.69) is 33.2 Å². The second-order valence-electron chi connectivity index (χ2n) is 5.43. The minimum atomic E-state index is 0.453. The molecule has 2 heterocycles. The zero-order valence-electron chi connectivity index (χ0n) is 12.0. The quantitative estimate of drug-likeness (QED) is 0.847. The van der Waals surface area contributed by atoms with E-state index < -0.39 is 0 Å². The molecular weight excluding hydrogens is 238 g/mol. The molecule has 0 bridgehead atoms. The van der Waals surface area contributed by atoms with E-state index in [0.29, 0.717) is 12.5 Å². The third-order valence-electron chi connectivity index (χ3n) is 3.54. The fraction of sp³-hybridized carbons (Fsp3) is 0.714. The summed E-state index contributed by atoms with van der Waals surface area (Å²) in [6, 6.07) is 2.06. The zero-order valence-corrected chi connectivity index (χ0v) is 12.0. The molecule has 1 atom stereocenters. The van der Waals surface area contributed by atoms with Crippen molar-refractivity contribution in [2.45, 2.75) is 33.1 Å². The lowest BCUT2D eigenvalue weighted by atomic mass is 10.1. The third-order valence-corrected chi connectivity index (χ3v) is 3.54. The molecule has 1 aliphatic rings. The fourth-order valence-electron chi connectivity index (χ4n) is 2.29. The standard InChI is InChI=1S/C14H25N5/c1-11(9-15)10-16-13-8-14(18-12(2)17-13)19-6-4-3-5-7-19/h8,11H,3-7,9-10,15H2,1-2H3,(H,16,17,18). The van der Waals surface area contributed by atoms with Gasteiger partial charge in [-0.2, -0.15) is 0 Å². The van der Waals surface area contributed by atoms with E-state index in [4.69, 9.17) is 5.73 Å². The first kappa shape index (κ1) is 14.1. The van der Waals surface area contributed by atoms with Gasteiger partial charge >= 0.3 is 0 Å². The second kappa shape index (κ2) is 6.70. The topological polar surface area (TPSA) is 67.1 Å². The first-order valence-corrected chi connectivity index (χ1v) is 7.23. The van der Waals surface area contributed by atoms with Crippen molar-refractivity contribution in [2.24, 2.45) is 11.7 Å². The summed E-state index contributed by atoms with van der Waals surface area (Å²) in [7, 11) is 0. The molecule has 0 aliphatic carbocycles. The van der Waals surface area contributed by atoms with E-state index in [1.165, 1.54) is 19.3 Å². The summed E-state index contributed by atoms with van der Waals surface area (Å²) in [5, 5.41) is 3.36. The van der Waals surface area contributed by atoms with Crippen molar-refractivity contribution >= 4 is 11.6 Å². The monoisotopic (exact) mass is 263 g/mol. The molecule has 0 radical (unpaired) electrons. The van der Waals surface area contributed by atoms with Crippen LogP contribution in [0.2, 0.25) is 0 Å². The molecule has 0 aromatic carbocycles. The first-order valence-electron chi connectivity index (χ1n) is 7.23. The van der Waals surface area contributed by atoms with Gasteiger partial charge in [-0.3, -0.25) is 0 Å². The highest BCUT2D eigenvalue weighted by atomic mass is 15.2. The van der Waals surface area contributed by atoms with Crippen LogP contribution in [0, 0.1) is 12.8 Å². The van der Waals surface area contributed by atoms with E-state index in [1.807, 2.05) is 6.92 Å². The molecule has 1 aliphatic heterocycles. The molecule has 1 saturated heterocycles. The van der Waals surface area contributed by atoms with Gasteiger partial charge in [-0.25, -0.2) is 9.97 Å². The van der Waals surface area contributed by atoms with Gasteiger partial charge in [0.1, 0.15) is 17.5 Å². The average Bonchev–Trinajstić information content (AvgIpc) is 2.45. The highest BCUT2D eigenvalue weighted by Gasteiger charge is 2.13. The van der Waals surface area contributed by atoms with Crippen molar-refractivity contribution < 1.29 is 0 Å². The molecule has 1 aromatic rings. The van der Waals surface area contributed by atoms with Crippen LogP contribution in [-0.4, -0.2) is 36.1 Å². The normalized spacial score (nSPS) is 17.3. The van der Waals surface area contributed by atoms with Crippen LogP contribution in [0.3, 0.4) is 0 Å². The molecule has 2 rings (SSSR count). The van der Waals surface area contributed by atoms with Crippen LogP contribution in [0.25, 0.3) is 0 Å². The summed E-state index contributed by atoms with van der Waals surface area (Å²) < 4.78 is 0. The fourth-order valence-corrected chi connectivity index (χ4v) is 2.29. The Kier molecular flexibility index (Phi) is 4.96. The van der Waals surface area contributed by atoms with Crippen molar-refractivity contribution in [3.05, 3.63) is 11.9 Å². The predicted molar refractivity (Wildman–Crippen MR) is 79.5 cm³/mol. The Morgan fingerprint density at radius 2 is 2.05 bits per heavy atom. The number of hydrogen-bond donors (Lipinski definition) is 2. The van der Waals surface area contributed by atoms with Gasteiger partial charge in [-0.05, 0) is 38.6 Å². The van der Waals surface area contributed by atoms with Crippen LogP contribution in [0.15, 0.2) is 6.07 Å². The Morgan fingerprint density at radius 3 is 2.74 bits per heavy atom. The Morgan fingerprint density at radius 1 is 1.32 bits per heavy atom. The largest absolute Gasteiger partial charge is 0.370 e. The average molecular weight is 263 g/mol. The molecular formula is C14H25N5. The van der Waals surface area contributed by atoms with Crippen LogP contribution in [0.5, 0.6) is 0 Å². The Balaban J connectivity index is 2.05. The number of rotatable bonds is 5. The maximum Gasteiger partial charge on any atom is 0.134 e. The Labute approximate surface area is 115 Å². The number of hydrogen-bond acceptors (Lipinski definition) is 5. The van der Waals surface area contributed by atoms with Gasteiger partial charge in [0.25, 0.3) is 0 Å². The first-order chi connectivity index (χ1) is 9.19. The molecule has 1 fully saturated rings. The summed E-state index contributed by atoms with van der Waals surface area (Å²) in [6.07, 6.45) is 3.85. The van der Waals surface area contributed by atoms with Crippen LogP contribution in [-0.2, 0) is 0 Å². The number of nitrogens with two attached hydrogens (primary N) is 1. The zero-order chi connectivity index (χ0) is 13.7. The van der Waals surface area contributed by atoms with E-state index >= 15 is 0 Å². The van der Waals surface area contributed by atoms with Crippen molar-refractivity contribution in [2.75, 3.05) is 36.4 Å². The maximum atomic E-state index is 5.63. The molecule has 5 nitrogen and oxygen atoms in total. The summed E-state index contributed by atoms with van der Waals surface area (Å²) in [5.41, 5.74) is 5.63. The van der Waals surface area contributed by atoms with Gasteiger partial charge in [-0.15, -0.1) is 0 Å². The lowest BCUT2D eigenvalue weighted by Crippen LogP contribution is -2.30. The SMILES string of the molecule is Cc1nc(NCC(C)CN)cc(N2CCCCC2)n1. The molecule has 5 heteroatoms. The van der Waals surface area contributed by atoms with E-state index in [0.717, 1.165) is 37.1 Å². The minimum Gasteiger partial charge on any atom is -0.370 e. The molecule has 0 spiro atoms. The number of nitrogens with zero attached hydrogens (tertiary/aromatic N) is 3. The van der Waals surface area contributed by atoms with Crippen LogP contribution in [0.1, 0.15) is 32.0 Å². The third kappa shape index (κ3) is 4.06. The van der Waals surface area contributed by atoms with Crippen molar-refractivity contribution in [3.63, 3.8) is 0 Å². The highest BCUT2D eigenvalue weighted by molar-refractivity contribution is 5.49. The van der Waals surface area contributed by atoms with Gasteiger partial charge in [0.15, 0.2) is 0 Å². The molecule has 106 valence electrons. The van der Waals surface area contributed by atoms with E-state index in [-0.39, 0.29) is 0 Å². The van der Waals surface area contributed by atoms with Crippen molar-refractivity contribution in [1.82, 2.24) is 9.97 Å². The number of aromatic nitrogens is 2. The summed E-state index contributed by atoms with van der Waals surface area (Å²) >= 11 is 0. The number of aryl methyl sites for hydroxylation is 1. The predicted octanol–water partition coefficient (Wildman–Crippen LogP) is 1.78. The van der Waals surface area contributed by atoms with Crippen LogP contribution < -0.4 is 16.0 Å². The smallest absolute Gasteiger partial charge is 0.134 e. The van der Waals surface area contributed by atoms with E-state index in [9.17, 15) is 0 Å². The van der Waals surface area contributed by atoms with Gasteiger partial charge in [0, 0.05) is 25.7 Å². The number of nitrogens with one attached hydrogen (secondary N) is 1. The van der Waals surface area contributed by atoms with Gasteiger partial charge in [-0.1, -0.05) is 6.92 Å². The van der Waals surface area contributed by atoms with Crippen LogP contribution in [0.4, 0.5) is 11.6 Å². The van der Waals surface area contributed by atoms with Crippen LogP contribution >= 0.6 is 0 Å². The second-order valence-corrected chi connectivity index (χ2v) is 5.43. The minimum absolute atomic E-state index is 0.453. The Bertz CT molecular complexity index is 401. The summed E-state index contributed by atoms with van der Waals surface area (Å²) in [6.45, 7) is 7.84. The lowest BCUT2D eigenvalue weighted by Gasteiger charge is -2.28. The number of anilines is 2. The molecule has 1 unspecified atom stereocenters. The van der Waals surface area contributed by atoms with Gasteiger partial charge in [0.2, 0.25) is 0 Å². The summed E-state index contributed by atoms with van der Waals surface area (Å²) in [4.78, 5) is 11.4. The molecule has 0 amide bonds. The lowest BCUT2D eigenvalue weighted by molar-refractivity contribution is 0.572. The maximum absolute atomic E-state index is 5.63. The van der Waals surface area contributed by atoms with E-state index in [1.54, 1.807) is 0 Å². The molecule has 19 heavy (non-hydrogen) atoms. The van der Waals surface area contributed by atoms with Crippen molar-refractivity contribution in [1.29, 1.82) is 0 Å². The van der Waals surface area contributed by atoms with Crippen molar-refractivity contribution in [3.8, 4) is 0 Å². The molecule has 3 N–H and O–H groups in total. The summed E-state index contributed by atoms with van der Waals surface area (Å²) in [5.74, 6) is 3.24. The molecule has 0 saturated carbocycles. The number of piperidine rings is 1. The highest BCUT2D eigenvalue weighted by Crippen LogP contribution is 2.20. The van der Waals surface area contributed by atoms with Gasteiger partial charge < -0.3 is 16.0 Å². The Hall–Kier alpha value is -1.36.